The quantitative estimate of drug-likeness (QED) is 0.915. The molecule has 0 saturated heterocycles. The molecule has 2 N–H and O–H groups in total. The van der Waals surface area contributed by atoms with Crippen molar-refractivity contribution < 1.29 is 4.74 Å². The highest BCUT2D eigenvalue weighted by molar-refractivity contribution is 5.41. The number of benzene rings is 1. The molecule has 0 atom stereocenters. The largest absolute Gasteiger partial charge is 0.439 e. The van der Waals surface area contributed by atoms with Gasteiger partial charge in [0.1, 0.15) is 5.75 Å². The Morgan fingerprint density at radius 1 is 1.14 bits per heavy atom. The van der Waals surface area contributed by atoms with E-state index in [4.69, 9.17) is 10.5 Å². The third-order valence-corrected chi connectivity index (χ3v) is 3.42. The van der Waals surface area contributed by atoms with Gasteiger partial charge in [-0.05, 0) is 29.5 Å². The van der Waals surface area contributed by atoms with E-state index in [1.54, 1.807) is 0 Å². The summed E-state index contributed by atoms with van der Waals surface area (Å²) < 4.78 is 6.05. The van der Waals surface area contributed by atoms with Gasteiger partial charge in [-0.2, -0.15) is 0 Å². The number of hydrogen-bond acceptors (Lipinski definition) is 3. The van der Waals surface area contributed by atoms with Gasteiger partial charge in [0, 0.05) is 23.9 Å². The van der Waals surface area contributed by atoms with Gasteiger partial charge < -0.3 is 10.5 Å². The van der Waals surface area contributed by atoms with Crippen LogP contribution in [-0.4, -0.2) is 4.98 Å². The Morgan fingerprint density at radius 3 is 2.48 bits per heavy atom. The fraction of sp³-hybridized carbons (Fsp3) is 0.389. The molecule has 3 nitrogen and oxygen atoms in total. The lowest BCUT2D eigenvalue weighted by Gasteiger charge is -2.22. The summed E-state index contributed by atoms with van der Waals surface area (Å²) in [6.45, 7) is 9.10. The molecule has 0 fully saturated rings. The SMILES string of the molecule is CCc1cc(CN)cc(Oc2ccccc2C(C)(C)C)n1. The Labute approximate surface area is 127 Å². The molecule has 0 aliphatic heterocycles. The molecule has 0 spiro atoms. The van der Waals surface area contributed by atoms with Crippen molar-refractivity contribution in [3.63, 3.8) is 0 Å². The van der Waals surface area contributed by atoms with Crippen LogP contribution in [0.5, 0.6) is 11.6 Å². The van der Waals surface area contributed by atoms with Gasteiger partial charge >= 0.3 is 0 Å². The molecule has 0 aliphatic carbocycles. The minimum Gasteiger partial charge on any atom is -0.439 e. The van der Waals surface area contributed by atoms with Gasteiger partial charge in [-0.3, -0.25) is 0 Å². The topological polar surface area (TPSA) is 48.1 Å². The standard InChI is InChI=1S/C18H24N2O/c1-5-14-10-13(12-19)11-17(20-14)21-16-9-7-6-8-15(16)18(2,3)4/h6-11H,5,12,19H2,1-4H3. The molecule has 1 aromatic carbocycles. The fourth-order valence-electron chi connectivity index (χ4n) is 2.26. The van der Waals surface area contributed by atoms with Gasteiger partial charge in [-0.1, -0.05) is 45.9 Å². The van der Waals surface area contributed by atoms with Crippen LogP contribution in [0, 0.1) is 0 Å². The first-order valence-electron chi connectivity index (χ1n) is 7.41. The van der Waals surface area contributed by atoms with E-state index in [2.05, 4.69) is 38.7 Å². The fourth-order valence-corrected chi connectivity index (χ4v) is 2.26. The maximum Gasteiger partial charge on any atom is 0.219 e. The minimum absolute atomic E-state index is 0.0235. The van der Waals surface area contributed by atoms with Gasteiger partial charge in [-0.15, -0.1) is 0 Å². The number of pyridine rings is 1. The van der Waals surface area contributed by atoms with E-state index in [1.165, 1.54) is 5.56 Å². The summed E-state index contributed by atoms with van der Waals surface area (Å²) in [6, 6.07) is 12.1. The first kappa shape index (κ1) is 15.5. The molecule has 21 heavy (non-hydrogen) atoms. The lowest BCUT2D eigenvalue weighted by molar-refractivity contribution is 0.437. The molecule has 0 saturated carbocycles. The molecular formula is C18H24N2O. The average molecular weight is 284 g/mol. The van der Waals surface area contributed by atoms with Gasteiger partial charge in [0.25, 0.3) is 0 Å². The Bertz CT molecular complexity index is 593. The summed E-state index contributed by atoms with van der Waals surface area (Å²) in [4.78, 5) is 4.54. The van der Waals surface area contributed by atoms with Crippen LogP contribution in [0.2, 0.25) is 0 Å². The second kappa shape index (κ2) is 6.27. The first-order valence-corrected chi connectivity index (χ1v) is 7.41. The zero-order valence-corrected chi connectivity index (χ0v) is 13.3. The number of aryl methyl sites for hydroxylation is 1. The van der Waals surface area contributed by atoms with Crippen LogP contribution in [0.1, 0.15) is 44.5 Å². The molecule has 1 aromatic heterocycles. The molecule has 0 amide bonds. The normalized spacial score (nSPS) is 11.5. The Kier molecular flexibility index (Phi) is 4.63. The lowest BCUT2D eigenvalue weighted by atomic mass is 9.86. The third kappa shape index (κ3) is 3.82. The molecular weight excluding hydrogens is 260 g/mol. The number of aromatic nitrogens is 1. The van der Waals surface area contributed by atoms with E-state index in [-0.39, 0.29) is 5.41 Å². The van der Waals surface area contributed by atoms with Crippen LogP contribution >= 0.6 is 0 Å². The van der Waals surface area contributed by atoms with Crippen LogP contribution in [0.3, 0.4) is 0 Å². The summed E-state index contributed by atoms with van der Waals surface area (Å²) in [5.41, 5.74) is 8.99. The highest BCUT2D eigenvalue weighted by Gasteiger charge is 2.19. The summed E-state index contributed by atoms with van der Waals surface area (Å²) >= 11 is 0. The number of ether oxygens (including phenoxy) is 1. The van der Waals surface area contributed by atoms with Crippen molar-refractivity contribution in [1.29, 1.82) is 0 Å². The van der Waals surface area contributed by atoms with E-state index in [1.807, 2.05) is 30.3 Å². The molecule has 112 valence electrons. The van der Waals surface area contributed by atoms with Crippen molar-refractivity contribution in [3.8, 4) is 11.6 Å². The maximum absolute atomic E-state index is 6.05. The van der Waals surface area contributed by atoms with Gasteiger partial charge in [0.2, 0.25) is 5.88 Å². The number of para-hydroxylation sites is 1. The first-order chi connectivity index (χ1) is 9.94. The smallest absolute Gasteiger partial charge is 0.219 e. The zero-order valence-electron chi connectivity index (χ0n) is 13.3. The summed E-state index contributed by atoms with van der Waals surface area (Å²) in [7, 11) is 0. The highest BCUT2D eigenvalue weighted by Crippen LogP contribution is 2.33. The van der Waals surface area contributed by atoms with Crippen LogP contribution in [0.4, 0.5) is 0 Å². The number of nitrogens with zero attached hydrogens (tertiary/aromatic N) is 1. The second-order valence-corrected chi connectivity index (χ2v) is 6.21. The van der Waals surface area contributed by atoms with Crippen molar-refractivity contribution in [2.24, 2.45) is 5.73 Å². The lowest BCUT2D eigenvalue weighted by Crippen LogP contribution is -2.12. The van der Waals surface area contributed by atoms with E-state index in [9.17, 15) is 0 Å². The van der Waals surface area contributed by atoms with Crippen LogP contribution in [0.25, 0.3) is 0 Å². The molecule has 1 heterocycles. The molecule has 0 aliphatic rings. The van der Waals surface area contributed by atoms with Crippen LogP contribution in [0.15, 0.2) is 36.4 Å². The van der Waals surface area contributed by atoms with Crippen molar-refractivity contribution in [2.75, 3.05) is 0 Å². The predicted molar refractivity (Wildman–Crippen MR) is 86.7 cm³/mol. The van der Waals surface area contributed by atoms with E-state index in [0.29, 0.717) is 12.4 Å². The number of rotatable bonds is 4. The summed E-state index contributed by atoms with van der Waals surface area (Å²) in [6.07, 6.45) is 0.866. The molecule has 2 rings (SSSR count). The highest BCUT2D eigenvalue weighted by atomic mass is 16.5. The maximum atomic E-state index is 6.05. The summed E-state index contributed by atoms with van der Waals surface area (Å²) in [5, 5.41) is 0. The Morgan fingerprint density at radius 2 is 1.86 bits per heavy atom. The molecule has 2 aromatic rings. The summed E-state index contributed by atoms with van der Waals surface area (Å²) in [5.74, 6) is 1.47. The van der Waals surface area contributed by atoms with Crippen molar-refractivity contribution in [3.05, 3.63) is 53.2 Å². The van der Waals surface area contributed by atoms with E-state index < -0.39 is 0 Å². The Hall–Kier alpha value is -1.87. The zero-order chi connectivity index (χ0) is 15.5. The van der Waals surface area contributed by atoms with Crippen molar-refractivity contribution in [1.82, 2.24) is 4.98 Å². The predicted octanol–water partition coefficient (Wildman–Crippen LogP) is 4.19. The van der Waals surface area contributed by atoms with E-state index >= 15 is 0 Å². The van der Waals surface area contributed by atoms with Crippen LogP contribution in [-0.2, 0) is 18.4 Å². The van der Waals surface area contributed by atoms with Crippen molar-refractivity contribution >= 4 is 0 Å². The van der Waals surface area contributed by atoms with E-state index in [0.717, 1.165) is 23.4 Å². The Balaban J connectivity index is 2.39. The number of nitrogens with two attached hydrogens (primary N) is 1. The minimum atomic E-state index is 0.0235. The van der Waals surface area contributed by atoms with Crippen LogP contribution < -0.4 is 10.5 Å². The third-order valence-electron chi connectivity index (χ3n) is 3.42. The van der Waals surface area contributed by atoms with Gasteiger partial charge in [-0.25, -0.2) is 4.98 Å². The number of hydrogen-bond donors (Lipinski definition) is 1. The molecule has 0 radical (unpaired) electrons. The second-order valence-electron chi connectivity index (χ2n) is 6.21. The molecule has 0 bridgehead atoms. The monoisotopic (exact) mass is 284 g/mol. The average Bonchev–Trinajstić information content (AvgIpc) is 2.46. The van der Waals surface area contributed by atoms with Gasteiger partial charge in [0.15, 0.2) is 0 Å². The molecule has 3 heteroatoms. The van der Waals surface area contributed by atoms with Gasteiger partial charge in [0.05, 0.1) is 0 Å². The van der Waals surface area contributed by atoms with Crippen molar-refractivity contribution in [2.45, 2.75) is 46.1 Å². The molecule has 0 unspecified atom stereocenters.